The highest BCUT2D eigenvalue weighted by molar-refractivity contribution is 8.27. The lowest BCUT2D eigenvalue weighted by atomic mass is 10.1. The minimum absolute atomic E-state index is 0.188. The highest BCUT2D eigenvalue weighted by atomic mass is 35.5. The number of amides is 1. The summed E-state index contributed by atoms with van der Waals surface area (Å²) in [5.74, 6) is 0.453. The Morgan fingerprint density at radius 2 is 1.67 bits per heavy atom. The molecule has 1 aliphatic heterocycles. The lowest BCUT2D eigenvalue weighted by molar-refractivity contribution is -0.113. The van der Waals surface area contributed by atoms with Crippen LogP contribution in [0, 0.1) is 0 Å². The van der Waals surface area contributed by atoms with Gasteiger partial charge in [0.1, 0.15) is 12.4 Å². The van der Waals surface area contributed by atoms with E-state index in [2.05, 4.69) is 18.7 Å². The van der Waals surface area contributed by atoms with Gasteiger partial charge in [-0.05, 0) is 68.5 Å². The quantitative estimate of drug-likeness (QED) is 0.198. The van der Waals surface area contributed by atoms with E-state index in [1.54, 1.807) is 36.4 Å². The van der Waals surface area contributed by atoms with E-state index < -0.39 is 0 Å². The summed E-state index contributed by atoms with van der Waals surface area (Å²) in [5, 5.41) is 1.69. The maximum atomic E-state index is 13.3. The van der Waals surface area contributed by atoms with Crippen molar-refractivity contribution in [1.82, 2.24) is 0 Å². The van der Waals surface area contributed by atoms with Gasteiger partial charge in [0.25, 0.3) is 5.91 Å². The van der Waals surface area contributed by atoms with E-state index in [0.29, 0.717) is 35.7 Å². The minimum Gasteiger partial charge on any atom is -0.488 e. The van der Waals surface area contributed by atoms with Crippen LogP contribution in [0.15, 0.2) is 65.6 Å². The predicted octanol–water partition coefficient (Wildman–Crippen LogP) is 8.48. The second-order valence-electron chi connectivity index (χ2n) is 7.91. The number of thiocarbonyl (C=S) groups is 1. The maximum Gasteiger partial charge on any atom is 0.270 e. The monoisotopic (exact) mass is 576 g/mol. The van der Waals surface area contributed by atoms with E-state index in [0.717, 1.165) is 29.9 Å². The SMILES string of the molecule is CCN(CC)c1ccc(/C=C2\SC(=S)N(c3ccc(Cl)cc3)C2=O)c(OCc2ccc(Cl)cc2Cl)c1. The van der Waals surface area contributed by atoms with Crippen molar-refractivity contribution in [3.05, 3.63) is 91.8 Å². The van der Waals surface area contributed by atoms with Crippen LogP contribution in [0.5, 0.6) is 5.75 Å². The minimum atomic E-state index is -0.188. The van der Waals surface area contributed by atoms with E-state index in [4.69, 9.17) is 51.8 Å². The number of anilines is 2. The molecule has 9 heteroatoms. The second kappa shape index (κ2) is 11.9. The second-order valence-corrected chi connectivity index (χ2v) is 10.9. The summed E-state index contributed by atoms with van der Waals surface area (Å²) in [4.78, 5) is 17.5. The van der Waals surface area contributed by atoms with Crippen molar-refractivity contribution in [2.45, 2.75) is 20.5 Å². The van der Waals surface area contributed by atoms with Gasteiger partial charge in [-0.15, -0.1) is 0 Å². The molecule has 1 amide bonds. The maximum absolute atomic E-state index is 13.3. The van der Waals surface area contributed by atoms with Crippen LogP contribution in [0.2, 0.25) is 15.1 Å². The summed E-state index contributed by atoms with van der Waals surface area (Å²) in [7, 11) is 0. The number of carbonyl (C=O) groups is 1. The van der Waals surface area contributed by atoms with Crippen molar-refractivity contribution in [1.29, 1.82) is 0 Å². The molecule has 4 rings (SSSR count). The van der Waals surface area contributed by atoms with Gasteiger partial charge in [0.05, 0.1) is 10.6 Å². The van der Waals surface area contributed by atoms with E-state index in [1.165, 1.54) is 16.7 Å². The van der Waals surface area contributed by atoms with Crippen LogP contribution in [-0.4, -0.2) is 23.3 Å². The van der Waals surface area contributed by atoms with Crippen LogP contribution in [0.3, 0.4) is 0 Å². The average molecular weight is 578 g/mol. The molecular formula is C27H23Cl3N2O2S2. The lowest BCUT2D eigenvalue weighted by Gasteiger charge is -2.22. The standard InChI is InChI=1S/C27H23Cl3N2O2S2/c1-3-31(4-2)22-10-6-17(24(15-22)34-16-18-5-7-20(29)14-23(18)30)13-25-26(33)32(27(35)36-25)21-11-8-19(28)9-12-21/h5-15H,3-4,16H2,1-2H3/b25-13-. The molecule has 0 radical (unpaired) electrons. The molecule has 1 aliphatic rings. The van der Waals surface area contributed by atoms with Gasteiger partial charge < -0.3 is 9.64 Å². The molecule has 0 atom stereocenters. The smallest absolute Gasteiger partial charge is 0.270 e. The third-order valence-electron chi connectivity index (χ3n) is 5.69. The molecule has 36 heavy (non-hydrogen) atoms. The molecule has 186 valence electrons. The molecule has 0 aromatic heterocycles. The predicted molar refractivity (Wildman–Crippen MR) is 158 cm³/mol. The highest BCUT2D eigenvalue weighted by Crippen LogP contribution is 2.38. The first-order valence-electron chi connectivity index (χ1n) is 11.3. The molecule has 0 N–H and O–H groups in total. The van der Waals surface area contributed by atoms with Gasteiger partial charge in [-0.25, -0.2) is 0 Å². The number of nitrogens with zero attached hydrogens (tertiary/aromatic N) is 2. The fourth-order valence-electron chi connectivity index (χ4n) is 3.77. The van der Waals surface area contributed by atoms with E-state index in [-0.39, 0.29) is 12.5 Å². The molecule has 0 spiro atoms. The Morgan fingerprint density at radius 1 is 0.972 bits per heavy atom. The van der Waals surface area contributed by atoms with Gasteiger partial charge >= 0.3 is 0 Å². The highest BCUT2D eigenvalue weighted by Gasteiger charge is 2.33. The fraction of sp³-hybridized carbons (Fsp3) is 0.185. The Kier molecular flexibility index (Phi) is 8.86. The van der Waals surface area contributed by atoms with Crippen LogP contribution in [0.1, 0.15) is 25.0 Å². The molecule has 0 aliphatic carbocycles. The van der Waals surface area contributed by atoms with Gasteiger partial charge in [0.15, 0.2) is 4.32 Å². The van der Waals surface area contributed by atoms with Crippen LogP contribution in [0.4, 0.5) is 11.4 Å². The van der Waals surface area contributed by atoms with Gasteiger partial charge in [-0.3, -0.25) is 9.69 Å². The van der Waals surface area contributed by atoms with Crippen molar-refractivity contribution in [3.63, 3.8) is 0 Å². The van der Waals surface area contributed by atoms with Gasteiger partial charge in [0, 0.05) is 51.0 Å². The van der Waals surface area contributed by atoms with Crippen molar-refractivity contribution in [3.8, 4) is 5.75 Å². The number of rotatable bonds is 8. The Balaban J connectivity index is 1.67. The number of carbonyl (C=O) groups excluding carboxylic acids is 1. The summed E-state index contributed by atoms with van der Waals surface area (Å²) in [6.07, 6.45) is 1.82. The molecule has 3 aromatic carbocycles. The largest absolute Gasteiger partial charge is 0.488 e. The third-order valence-corrected chi connectivity index (χ3v) is 7.83. The van der Waals surface area contributed by atoms with E-state index in [1.807, 2.05) is 30.3 Å². The van der Waals surface area contributed by atoms with Crippen molar-refractivity contribution < 1.29 is 9.53 Å². The topological polar surface area (TPSA) is 32.8 Å². The zero-order valence-corrected chi connectivity index (χ0v) is 23.5. The van der Waals surface area contributed by atoms with Crippen LogP contribution in [0.25, 0.3) is 6.08 Å². The van der Waals surface area contributed by atoms with Gasteiger partial charge in [0.2, 0.25) is 0 Å². The first-order chi connectivity index (χ1) is 17.3. The Labute approximate surface area is 235 Å². The third kappa shape index (κ3) is 6.01. The number of benzene rings is 3. The number of thioether (sulfide) groups is 1. The summed E-state index contributed by atoms with van der Waals surface area (Å²) < 4.78 is 6.70. The van der Waals surface area contributed by atoms with E-state index >= 15 is 0 Å². The molecule has 1 fully saturated rings. The van der Waals surface area contributed by atoms with E-state index in [9.17, 15) is 4.79 Å². The molecule has 0 saturated carbocycles. The summed E-state index contributed by atoms with van der Waals surface area (Å²) in [5.41, 5.74) is 3.29. The zero-order valence-electron chi connectivity index (χ0n) is 19.6. The first kappa shape index (κ1) is 26.8. The van der Waals surface area contributed by atoms with Crippen LogP contribution in [-0.2, 0) is 11.4 Å². The molecule has 0 bridgehead atoms. The lowest BCUT2D eigenvalue weighted by Crippen LogP contribution is -2.27. The average Bonchev–Trinajstić information content (AvgIpc) is 3.13. The number of hydrogen-bond donors (Lipinski definition) is 0. The molecule has 1 heterocycles. The Hall–Kier alpha value is -2.22. The number of halogens is 3. The van der Waals surface area contributed by atoms with Gasteiger partial charge in [-0.1, -0.05) is 64.8 Å². The molecule has 1 saturated heterocycles. The molecular weight excluding hydrogens is 555 g/mol. The summed E-state index contributed by atoms with van der Waals surface area (Å²) >= 11 is 25.2. The zero-order chi connectivity index (χ0) is 25.8. The molecule has 0 unspecified atom stereocenters. The number of hydrogen-bond acceptors (Lipinski definition) is 5. The normalized spacial score (nSPS) is 14.6. The Morgan fingerprint density at radius 3 is 2.33 bits per heavy atom. The molecule has 4 nitrogen and oxygen atoms in total. The summed E-state index contributed by atoms with van der Waals surface area (Å²) in [6, 6.07) is 18.3. The van der Waals surface area contributed by atoms with Crippen molar-refractivity contribution in [2.24, 2.45) is 0 Å². The van der Waals surface area contributed by atoms with Crippen molar-refractivity contribution >= 4 is 86.5 Å². The van der Waals surface area contributed by atoms with Gasteiger partial charge in [-0.2, -0.15) is 0 Å². The Bertz CT molecular complexity index is 1330. The summed E-state index contributed by atoms with van der Waals surface area (Å²) in [6.45, 7) is 6.18. The fourth-order valence-corrected chi connectivity index (χ4v) is 5.65. The van der Waals surface area contributed by atoms with Crippen molar-refractivity contribution in [2.75, 3.05) is 22.9 Å². The first-order valence-corrected chi connectivity index (χ1v) is 13.7. The molecule has 3 aromatic rings. The number of ether oxygens (including phenoxy) is 1. The van der Waals surface area contributed by atoms with Crippen LogP contribution < -0.4 is 14.5 Å². The van der Waals surface area contributed by atoms with Crippen LogP contribution >= 0.6 is 58.8 Å².